The summed E-state index contributed by atoms with van der Waals surface area (Å²) in [5, 5.41) is 39.4. The van der Waals surface area contributed by atoms with Crippen molar-refractivity contribution in [3.8, 4) is 0 Å². The number of aliphatic hydroxyl groups is 2. The van der Waals surface area contributed by atoms with Gasteiger partial charge in [-0.05, 0) is 12.8 Å². The van der Waals surface area contributed by atoms with Crippen LogP contribution in [0.5, 0.6) is 0 Å². The van der Waals surface area contributed by atoms with E-state index in [0.717, 1.165) is 56.1 Å². The van der Waals surface area contributed by atoms with Crippen LogP contribution in [0.15, 0.2) is 55.7 Å². The van der Waals surface area contributed by atoms with Gasteiger partial charge in [0.1, 0.15) is 17.8 Å². The molecule has 32 heavy (non-hydrogen) atoms. The molecule has 11 nitrogen and oxygen atoms in total. The van der Waals surface area contributed by atoms with Gasteiger partial charge in [0.05, 0.1) is 5.57 Å². The molecule has 0 radical (unpaired) electrons. The summed E-state index contributed by atoms with van der Waals surface area (Å²) >= 11 is 0. The first-order valence-corrected chi connectivity index (χ1v) is 8.52. The summed E-state index contributed by atoms with van der Waals surface area (Å²) in [5.74, 6) is 1.03. The molecule has 178 valence electrons. The highest BCUT2D eigenvalue weighted by Gasteiger charge is 1.85. The molecule has 0 unspecified atom stereocenters. The topological polar surface area (TPSA) is 204 Å². The predicted octanol–water partition coefficient (Wildman–Crippen LogP) is 0.822. The lowest BCUT2D eigenvalue weighted by Gasteiger charge is -1.93. The van der Waals surface area contributed by atoms with E-state index in [2.05, 4.69) is 19.7 Å². The van der Waals surface area contributed by atoms with Crippen molar-refractivity contribution in [2.75, 3.05) is 13.2 Å². The summed E-state index contributed by atoms with van der Waals surface area (Å²) in [5.41, 5.74) is -0.153. The van der Waals surface area contributed by atoms with Gasteiger partial charge < -0.3 is 25.5 Å². The van der Waals surface area contributed by atoms with Crippen LogP contribution in [0.4, 0.5) is 0 Å². The summed E-state index contributed by atoms with van der Waals surface area (Å²) in [7, 11) is 0. The third-order valence-electron chi connectivity index (χ3n) is 2.14. The Labute approximate surface area is 185 Å². The van der Waals surface area contributed by atoms with Crippen molar-refractivity contribution >= 4 is 35.7 Å². The lowest BCUT2D eigenvalue weighted by Crippen LogP contribution is -1.85. The zero-order valence-electron chi connectivity index (χ0n) is 17.4. The molecular formula is C21H28O11. The van der Waals surface area contributed by atoms with E-state index in [1.54, 1.807) is 0 Å². The van der Waals surface area contributed by atoms with Gasteiger partial charge in [-0.3, -0.25) is 0 Å². The van der Waals surface area contributed by atoms with Crippen LogP contribution in [0.25, 0.3) is 0 Å². The Balaban J connectivity index is -0.0000000976. The van der Waals surface area contributed by atoms with Crippen LogP contribution in [0.1, 0.15) is 25.7 Å². The summed E-state index contributed by atoms with van der Waals surface area (Å²) in [4.78, 5) is 56.5. The Kier molecular flexibility index (Phi) is 45.3. The Morgan fingerprint density at radius 3 is 1.00 bits per heavy atom. The highest BCUT2D eigenvalue weighted by atomic mass is 16.4. The van der Waals surface area contributed by atoms with Gasteiger partial charge in [0, 0.05) is 43.6 Å². The molecule has 0 heterocycles. The number of carbonyl (C=O) groups is 3. The minimum atomic E-state index is -0.981. The molecule has 0 aliphatic rings. The molecule has 0 atom stereocenters. The van der Waals surface area contributed by atoms with Crippen LogP contribution in [0.2, 0.25) is 0 Å². The van der Waals surface area contributed by atoms with Crippen molar-refractivity contribution in [3.05, 3.63) is 55.7 Å². The second-order valence-corrected chi connectivity index (χ2v) is 4.57. The SMILES string of the molecule is C=CC(=O)O.C=CC(=O)O.C=CC(=O)O.O=C=CC(=C=O)C=C=O.OCCCCCCO. The fourth-order valence-electron chi connectivity index (χ4n) is 0.805. The zero-order valence-corrected chi connectivity index (χ0v) is 17.4. The minimum Gasteiger partial charge on any atom is -0.478 e. The second-order valence-electron chi connectivity index (χ2n) is 4.57. The van der Waals surface area contributed by atoms with Crippen LogP contribution in [-0.2, 0) is 28.8 Å². The van der Waals surface area contributed by atoms with Crippen molar-refractivity contribution in [2.24, 2.45) is 0 Å². The van der Waals surface area contributed by atoms with Gasteiger partial charge >= 0.3 is 17.9 Å². The van der Waals surface area contributed by atoms with E-state index in [1.165, 1.54) is 17.8 Å². The van der Waals surface area contributed by atoms with Crippen molar-refractivity contribution in [1.82, 2.24) is 0 Å². The molecule has 0 aliphatic heterocycles. The Morgan fingerprint density at radius 2 is 0.875 bits per heavy atom. The number of aliphatic carboxylic acids is 3. The third kappa shape index (κ3) is 72.3. The highest BCUT2D eigenvalue weighted by molar-refractivity contribution is 5.79. The van der Waals surface area contributed by atoms with Gasteiger partial charge in [0.2, 0.25) is 0 Å². The quantitative estimate of drug-likeness (QED) is 0.135. The summed E-state index contributed by atoms with van der Waals surface area (Å²) in [6, 6.07) is 0. The number of unbranched alkanes of at least 4 members (excludes halogenated alkanes) is 3. The van der Waals surface area contributed by atoms with Gasteiger partial charge in [-0.1, -0.05) is 32.6 Å². The smallest absolute Gasteiger partial charge is 0.327 e. The molecule has 0 fully saturated rings. The maximum absolute atomic E-state index is 9.70. The number of hydrogen-bond acceptors (Lipinski definition) is 8. The number of carboxylic acid groups (broad SMARTS) is 3. The van der Waals surface area contributed by atoms with Crippen molar-refractivity contribution < 1.29 is 54.3 Å². The molecule has 0 aromatic heterocycles. The van der Waals surface area contributed by atoms with Gasteiger partial charge in [-0.15, -0.1) is 0 Å². The number of carboxylic acids is 3. The van der Waals surface area contributed by atoms with Gasteiger partial charge in [-0.2, -0.15) is 0 Å². The van der Waals surface area contributed by atoms with Crippen LogP contribution < -0.4 is 0 Å². The minimum absolute atomic E-state index is 0.153. The third-order valence-corrected chi connectivity index (χ3v) is 2.14. The van der Waals surface area contributed by atoms with E-state index < -0.39 is 17.9 Å². The first-order chi connectivity index (χ1) is 15.1. The summed E-state index contributed by atoms with van der Waals surface area (Å²) < 4.78 is 0. The number of rotatable bonds is 10. The van der Waals surface area contributed by atoms with Crippen molar-refractivity contribution in [1.29, 1.82) is 0 Å². The second kappa shape index (κ2) is 37.6. The maximum Gasteiger partial charge on any atom is 0.327 e. The summed E-state index contributed by atoms with van der Waals surface area (Å²) in [6.45, 7) is 9.45. The molecule has 0 aromatic carbocycles. The Morgan fingerprint density at radius 1 is 0.625 bits per heavy atom. The fourth-order valence-corrected chi connectivity index (χ4v) is 0.805. The van der Waals surface area contributed by atoms with E-state index in [0.29, 0.717) is 0 Å². The molecule has 0 saturated carbocycles. The number of allylic oxidation sites excluding steroid dienone is 3. The van der Waals surface area contributed by atoms with Crippen molar-refractivity contribution in [3.63, 3.8) is 0 Å². The van der Waals surface area contributed by atoms with Crippen LogP contribution in [0.3, 0.4) is 0 Å². The molecule has 0 rings (SSSR count). The fraction of sp³-hybridized carbons (Fsp3) is 0.286. The number of aliphatic hydroxyl groups excluding tert-OH is 2. The molecule has 0 aliphatic carbocycles. The van der Waals surface area contributed by atoms with E-state index in [1.807, 2.05) is 0 Å². The number of carbonyl (C=O) groups excluding carboxylic acids is 3. The standard InChI is InChI=1S/C6H2O3.C6H14O2.3C3H4O2/c7-3-1-6(5-9)2-4-8;7-5-3-1-2-4-6-8;3*1-2-3(4)5/h1-2H;7-8H,1-6H2;3*2H,1H2,(H,4,5). The van der Waals surface area contributed by atoms with E-state index in [4.69, 9.17) is 25.5 Å². The molecule has 0 spiro atoms. The van der Waals surface area contributed by atoms with E-state index in [-0.39, 0.29) is 18.8 Å². The van der Waals surface area contributed by atoms with Gasteiger partial charge in [0.25, 0.3) is 0 Å². The van der Waals surface area contributed by atoms with Gasteiger partial charge in [-0.25, -0.2) is 28.8 Å². The Bertz CT molecular complexity index is 620. The van der Waals surface area contributed by atoms with Crippen LogP contribution >= 0.6 is 0 Å². The molecular weight excluding hydrogens is 428 g/mol. The maximum atomic E-state index is 9.70. The first-order valence-electron chi connectivity index (χ1n) is 8.52. The van der Waals surface area contributed by atoms with Crippen molar-refractivity contribution in [2.45, 2.75) is 25.7 Å². The average Bonchev–Trinajstić information content (AvgIpc) is 2.78. The largest absolute Gasteiger partial charge is 0.478 e. The summed E-state index contributed by atoms with van der Waals surface area (Å²) in [6.07, 6.45) is 7.93. The molecule has 11 heteroatoms. The molecule has 0 amide bonds. The average molecular weight is 456 g/mol. The lowest BCUT2D eigenvalue weighted by atomic mass is 10.2. The number of hydrogen-bond donors (Lipinski definition) is 5. The van der Waals surface area contributed by atoms with Gasteiger partial charge in [0.15, 0.2) is 0 Å². The molecule has 0 bridgehead atoms. The first kappa shape index (κ1) is 38.5. The predicted molar refractivity (Wildman–Crippen MR) is 116 cm³/mol. The zero-order chi connectivity index (χ0) is 26.2. The normalized spacial score (nSPS) is 7.06. The van der Waals surface area contributed by atoms with Crippen LogP contribution in [-0.4, -0.2) is 74.5 Å². The monoisotopic (exact) mass is 456 g/mol. The van der Waals surface area contributed by atoms with E-state index in [9.17, 15) is 28.8 Å². The highest BCUT2D eigenvalue weighted by Crippen LogP contribution is 1.96. The lowest BCUT2D eigenvalue weighted by molar-refractivity contribution is -0.132. The molecule has 0 aromatic rings. The Hall–Kier alpha value is -4.10. The van der Waals surface area contributed by atoms with Crippen LogP contribution in [0, 0.1) is 0 Å². The molecule has 5 N–H and O–H groups in total. The van der Waals surface area contributed by atoms with E-state index >= 15 is 0 Å². The molecule has 0 saturated heterocycles.